The maximum atomic E-state index is 5.47. The van der Waals surface area contributed by atoms with Gasteiger partial charge in [-0.2, -0.15) is 0 Å². The normalized spacial score (nSPS) is 16.1. The monoisotopic (exact) mass is 247 g/mol. The summed E-state index contributed by atoms with van der Waals surface area (Å²) in [6.07, 6.45) is 7.36. The van der Waals surface area contributed by atoms with Crippen molar-refractivity contribution >= 4 is 20.0 Å². The van der Waals surface area contributed by atoms with Crippen LogP contribution in [0.25, 0.3) is 5.57 Å². The first-order chi connectivity index (χ1) is 8.36. The Hall–Kier alpha value is -0.903. The maximum Gasteiger partial charge on any atom is 0.423 e. The summed E-state index contributed by atoms with van der Waals surface area (Å²) in [5, 5.41) is 1.23. The molecule has 0 bridgehead atoms. The van der Waals surface area contributed by atoms with Gasteiger partial charge in [0.05, 0.1) is 0 Å². The van der Waals surface area contributed by atoms with Gasteiger partial charge in [-0.05, 0) is 36.8 Å². The van der Waals surface area contributed by atoms with Crippen LogP contribution in [0.5, 0.6) is 0 Å². The fraction of sp³-hybridized carbons (Fsp3) is 0.429. The minimum absolute atomic E-state index is 1.18. The van der Waals surface area contributed by atoms with Crippen molar-refractivity contribution in [1.29, 1.82) is 0 Å². The average Bonchev–Trinajstić information content (AvgIpc) is 2.42. The third-order valence-electron chi connectivity index (χ3n) is 3.15. The van der Waals surface area contributed by atoms with Crippen molar-refractivity contribution in [2.45, 2.75) is 25.7 Å². The van der Waals surface area contributed by atoms with Gasteiger partial charge in [-0.1, -0.05) is 30.3 Å². The van der Waals surface area contributed by atoms with E-state index in [1.165, 1.54) is 42.0 Å². The summed E-state index contributed by atoms with van der Waals surface area (Å²) in [5.74, 6) is 0. The molecule has 91 valence electrons. The van der Waals surface area contributed by atoms with Crippen molar-refractivity contribution in [2.75, 3.05) is 14.2 Å². The molecule has 1 aliphatic carbocycles. The maximum absolute atomic E-state index is 5.47. The summed E-state index contributed by atoms with van der Waals surface area (Å²) in [7, 11) is 2.13. The number of hydrogen-bond acceptors (Lipinski definition) is 2. The number of benzene rings is 1. The van der Waals surface area contributed by atoms with E-state index in [-0.39, 0.29) is 0 Å². The molecule has 0 spiro atoms. The van der Waals surface area contributed by atoms with Gasteiger partial charge in [-0.3, -0.25) is 0 Å². The Morgan fingerprint density at radius 2 is 1.82 bits per heavy atom. The second kappa shape index (κ2) is 6.14. The van der Waals surface area contributed by atoms with Gasteiger partial charge in [0.1, 0.15) is 0 Å². The van der Waals surface area contributed by atoms with E-state index >= 15 is 0 Å². The number of hydrogen-bond donors (Lipinski definition) is 0. The van der Waals surface area contributed by atoms with Gasteiger partial charge in [0.25, 0.3) is 0 Å². The Labute approximate surface area is 105 Å². The molecule has 3 heteroatoms. The molecule has 0 fully saturated rings. The van der Waals surface area contributed by atoms with Crippen LogP contribution in [-0.4, -0.2) is 23.5 Å². The van der Waals surface area contributed by atoms with Crippen LogP contribution in [0.2, 0.25) is 0 Å². The van der Waals surface area contributed by atoms with Crippen molar-refractivity contribution in [1.82, 2.24) is 0 Å². The molecule has 0 amide bonds. The standard InChI is InChI=1S/C14H19O2Si/c1-15-17(16-2)14-11-7-6-10-13(14)12-8-4-3-5-9-12/h6-8,10-11H,3-5,9H2,1-2H3. The van der Waals surface area contributed by atoms with Crippen LogP contribution in [0, 0.1) is 0 Å². The van der Waals surface area contributed by atoms with Crippen molar-refractivity contribution < 1.29 is 8.85 Å². The lowest BCUT2D eigenvalue weighted by atomic mass is 9.94. The smallest absolute Gasteiger partial charge is 0.393 e. The molecule has 17 heavy (non-hydrogen) atoms. The lowest BCUT2D eigenvalue weighted by Crippen LogP contribution is -2.37. The molecule has 0 saturated carbocycles. The summed E-state index contributed by atoms with van der Waals surface area (Å²) in [5.41, 5.74) is 2.79. The first-order valence-electron chi connectivity index (χ1n) is 6.10. The highest BCUT2D eigenvalue weighted by Crippen LogP contribution is 2.25. The van der Waals surface area contributed by atoms with E-state index in [1.807, 2.05) is 0 Å². The second-order valence-corrected chi connectivity index (χ2v) is 6.15. The lowest BCUT2D eigenvalue weighted by Gasteiger charge is -2.18. The minimum Gasteiger partial charge on any atom is -0.393 e. The summed E-state index contributed by atoms with van der Waals surface area (Å²) >= 11 is 0. The quantitative estimate of drug-likeness (QED) is 0.762. The first kappa shape index (κ1) is 12.6. The van der Waals surface area contributed by atoms with Crippen molar-refractivity contribution in [3.63, 3.8) is 0 Å². The molecule has 1 aromatic rings. The van der Waals surface area contributed by atoms with Crippen molar-refractivity contribution in [3.8, 4) is 0 Å². The van der Waals surface area contributed by atoms with Crippen LogP contribution in [-0.2, 0) is 8.85 Å². The SMILES string of the molecule is CO[Si](OC)c1ccccc1C1=CCCCC1. The van der Waals surface area contributed by atoms with Crippen LogP contribution < -0.4 is 5.19 Å². The average molecular weight is 247 g/mol. The number of allylic oxidation sites excluding steroid dienone is 2. The van der Waals surface area contributed by atoms with Gasteiger partial charge in [-0.15, -0.1) is 0 Å². The highest BCUT2D eigenvalue weighted by Gasteiger charge is 2.21. The molecule has 0 saturated heterocycles. The Morgan fingerprint density at radius 3 is 2.47 bits per heavy atom. The molecule has 1 aliphatic rings. The zero-order chi connectivity index (χ0) is 12.1. The van der Waals surface area contributed by atoms with E-state index in [9.17, 15) is 0 Å². The minimum atomic E-state index is -1.32. The van der Waals surface area contributed by atoms with Gasteiger partial charge in [0.2, 0.25) is 0 Å². The predicted molar refractivity (Wildman–Crippen MR) is 72.3 cm³/mol. The fourth-order valence-corrected chi connectivity index (χ4v) is 3.63. The van der Waals surface area contributed by atoms with Crippen LogP contribution in [0.4, 0.5) is 0 Å². The Morgan fingerprint density at radius 1 is 1.06 bits per heavy atom. The summed E-state index contributed by atoms with van der Waals surface area (Å²) < 4.78 is 10.9. The second-order valence-electron chi connectivity index (χ2n) is 4.22. The van der Waals surface area contributed by atoms with E-state index < -0.39 is 9.28 Å². The molecule has 0 aromatic heterocycles. The topological polar surface area (TPSA) is 18.5 Å². The van der Waals surface area contributed by atoms with E-state index in [0.29, 0.717) is 0 Å². The van der Waals surface area contributed by atoms with Gasteiger partial charge < -0.3 is 8.85 Å². The molecular formula is C14H19O2Si. The Bertz CT molecular complexity index is 397. The largest absolute Gasteiger partial charge is 0.423 e. The molecule has 1 aromatic carbocycles. The van der Waals surface area contributed by atoms with E-state index in [0.717, 1.165) is 0 Å². The molecule has 0 atom stereocenters. The van der Waals surface area contributed by atoms with E-state index in [4.69, 9.17) is 8.85 Å². The van der Waals surface area contributed by atoms with Gasteiger partial charge >= 0.3 is 9.28 Å². The zero-order valence-electron chi connectivity index (χ0n) is 10.5. The highest BCUT2D eigenvalue weighted by atomic mass is 28.3. The molecule has 2 nitrogen and oxygen atoms in total. The van der Waals surface area contributed by atoms with Gasteiger partial charge in [0.15, 0.2) is 0 Å². The molecule has 2 rings (SSSR count). The van der Waals surface area contributed by atoms with Gasteiger partial charge in [0, 0.05) is 19.4 Å². The zero-order valence-corrected chi connectivity index (χ0v) is 11.5. The van der Waals surface area contributed by atoms with Gasteiger partial charge in [-0.25, -0.2) is 0 Å². The fourth-order valence-electron chi connectivity index (χ4n) is 2.33. The van der Waals surface area contributed by atoms with Crippen molar-refractivity contribution in [2.24, 2.45) is 0 Å². The van der Waals surface area contributed by atoms with E-state index in [1.54, 1.807) is 14.2 Å². The summed E-state index contributed by atoms with van der Waals surface area (Å²) in [6.45, 7) is 0. The van der Waals surface area contributed by atoms with Crippen LogP contribution >= 0.6 is 0 Å². The van der Waals surface area contributed by atoms with E-state index in [2.05, 4.69) is 30.3 Å². The molecule has 0 heterocycles. The van der Waals surface area contributed by atoms with Crippen LogP contribution in [0.15, 0.2) is 30.3 Å². The molecular weight excluding hydrogens is 228 g/mol. The number of rotatable bonds is 4. The third kappa shape index (κ3) is 2.86. The molecule has 0 N–H and O–H groups in total. The molecule has 1 radical (unpaired) electrons. The predicted octanol–water partition coefficient (Wildman–Crippen LogP) is 2.63. The summed E-state index contributed by atoms with van der Waals surface area (Å²) in [6, 6.07) is 8.48. The molecule has 0 aliphatic heterocycles. The Kier molecular flexibility index (Phi) is 4.54. The third-order valence-corrected chi connectivity index (χ3v) is 4.77. The van der Waals surface area contributed by atoms with Crippen LogP contribution in [0.1, 0.15) is 31.2 Å². The molecule has 0 unspecified atom stereocenters. The first-order valence-corrected chi connectivity index (χ1v) is 7.42. The Balaban J connectivity index is 2.35. The van der Waals surface area contributed by atoms with Crippen LogP contribution in [0.3, 0.4) is 0 Å². The highest BCUT2D eigenvalue weighted by molar-refractivity contribution is 6.62. The lowest BCUT2D eigenvalue weighted by molar-refractivity contribution is 0.292. The van der Waals surface area contributed by atoms with Crippen molar-refractivity contribution in [3.05, 3.63) is 35.9 Å². The summed E-state index contributed by atoms with van der Waals surface area (Å²) in [4.78, 5) is 0.